The second kappa shape index (κ2) is 1.15. The van der Waals surface area contributed by atoms with Gasteiger partial charge in [-0.05, 0) is 0 Å². The lowest BCUT2D eigenvalue weighted by Crippen LogP contribution is -2.40. The summed E-state index contributed by atoms with van der Waals surface area (Å²) in [5.41, 5.74) is 0. The Morgan fingerprint density at radius 1 is 1.25 bits per heavy atom. The molecule has 8 heavy (non-hydrogen) atoms. The first-order valence-corrected chi connectivity index (χ1v) is 2.10. The second-order valence-corrected chi connectivity index (χ2v) is 1.79. The van der Waals surface area contributed by atoms with Crippen molar-refractivity contribution >= 4 is 0 Å². The van der Waals surface area contributed by atoms with Crippen LogP contribution < -0.4 is 0 Å². The highest BCUT2D eigenvalue weighted by atomic mass is 16.5. The first kappa shape index (κ1) is 5.40. The van der Waals surface area contributed by atoms with E-state index in [9.17, 15) is 0 Å². The Balaban J connectivity index is 2.80. The van der Waals surface area contributed by atoms with Gasteiger partial charge in [0, 0.05) is 0 Å². The topological polar surface area (TPSA) is 80.9 Å². The maximum absolute atomic E-state index is 8.44. The Bertz CT molecular complexity index is 146. The Morgan fingerprint density at radius 2 is 1.75 bits per heavy atom. The van der Waals surface area contributed by atoms with Gasteiger partial charge in [0.05, 0.1) is 6.42 Å². The zero-order valence-corrected chi connectivity index (χ0v) is 4.00. The van der Waals surface area contributed by atoms with Crippen molar-refractivity contribution in [3.05, 3.63) is 11.5 Å². The van der Waals surface area contributed by atoms with Gasteiger partial charge >= 0.3 is 0 Å². The van der Waals surface area contributed by atoms with Gasteiger partial charge in [0.2, 0.25) is 5.79 Å². The predicted octanol–water partition coefficient (Wildman–Crippen LogP) is -0.601. The van der Waals surface area contributed by atoms with E-state index in [0.717, 1.165) is 0 Å². The first-order chi connectivity index (χ1) is 3.54. The van der Waals surface area contributed by atoms with Gasteiger partial charge in [0.1, 0.15) is 5.76 Å². The molecule has 0 atom stereocenters. The molecule has 0 heterocycles. The van der Waals surface area contributed by atoms with Crippen LogP contribution >= 0.6 is 0 Å². The number of aliphatic hydroxyl groups excluding tert-OH is 2. The minimum atomic E-state index is -2.16. The standard InChI is InChI=1S/C4H6O4/c5-2-1-4(7,8)3(2)6/h5-8H,1H2. The zero-order valence-electron chi connectivity index (χ0n) is 4.00. The van der Waals surface area contributed by atoms with Gasteiger partial charge in [-0.3, -0.25) is 0 Å². The summed E-state index contributed by atoms with van der Waals surface area (Å²) in [5, 5.41) is 33.6. The van der Waals surface area contributed by atoms with Crippen molar-refractivity contribution in [1.29, 1.82) is 0 Å². The van der Waals surface area contributed by atoms with Crippen molar-refractivity contribution in [3.63, 3.8) is 0 Å². The molecular weight excluding hydrogens is 112 g/mol. The van der Waals surface area contributed by atoms with Crippen molar-refractivity contribution in [3.8, 4) is 0 Å². The highest BCUT2D eigenvalue weighted by Crippen LogP contribution is 2.31. The molecule has 0 aromatic rings. The Morgan fingerprint density at radius 3 is 1.75 bits per heavy atom. The van der Waals surface area contributed by atoms with Crippen LogP contribution in [0.1, 0.15) is 6.42 Å². The van der Waals surface area contributed by atoms with E-state index < -0.39 is 11.5 Å². The van der Waals surface area contributed by atoms with E-state index in [1.165, 1.54) is 0 Å². The van der Waals surface area contributed by atoms with Crippen LogP contribution in [0.4, 0.5) is 0 Å². The molecular formula is C4H6O4. The van der Waals surface area contributed by atoms with E-state index >= 15 is 0 Å². The molecule has 1 aliphatic rings. The molecule has 0 aromatic carbocycles. The van der Waals surface area contributed by atoms with Gasteiger partial charge in [-0.2, -0.15) is 0 Å². The highest BCUT2D eigenvalue weighted by Gasteiger charge is 2.42. The van der Waals surface area contributed by atoms with Crippen molar-refractivity contribution in [2.45, 2.75) is 12.2 Å². The van der Waals surface area contributed by atoms with Crippen LogP contribution in [0, 0.1) is 0 Å². The van der Waals surface area contributed by atoms with E-state index in [-0.39, 0.29) is 12.2 Å². The molecule has 0 unspecified atom stereocenters. The van der Waals surface area contributed by atoms with E-state index in [0.29, 0.717) is 0 Å². The van der Waals surface area contributed by atoms with Crippen molar-refractivity contribution in [1.82, 2.24) is 0 Å². The molecule has 0 fully saturated rings. The van der Waals surface area contributed by atoms with Crippen LogP contribution in [0.5, 0.6) is 0 Å². The van der Waals surface area contributed by atoms with Crippen LogP contribution in [0.2, 0.25) is 0 Å². The van der Waals surface area contributed by atoms with Gasteiger partial charge in [-0.15, -0.1) is 0 Å². The summed E-state index contributed by atoms with van der Waals surface area (Å²) >= 11 is 0. The molecule has 0 spiro atoms. The molecule has 1 rings (SSSR count). The van der Waals surface area contributed by atoms with Crippen LogP contribution in [0.3, 0.4) is 0 Å². The molecule has 0 aliphatic heterocycles. The largest absolute Gasteiger partial charge is 0.508 e. The van der Waals surface area contributed by atoms with Gasteiger partial charge in [0.25, 0.3) is 0 Å². The number of aliphatic hydroxyl groups is 4. The smallest absolute Gasteiger partial charge is 0.233 e. The normalized spacial score (nSPS) is 25.2. The molecule has 0 radical (unpaired) electrons. The third-order valence-electron chi connectivity index (χ3n) is 1.07. The summed E-state index contributed by atoms with van der Waals surface area (Å²) in [6, 6.07) is 0. The highest BCUT2D eigenvalue weighted by molar-refractivity contribution is 5.21. The van der Waals surface area contributed by atoms with Gasteiger partial charge in [-0.25, -0.2) is 0 Å². The van der Waals surface area contributed by atoms with Gasteiger partial charge in [-0.1, -0.05) is 0 Å². The molecule has 0 saturated heterocycles. The molecule has 46 valence electrons. The summed E-state index contributed by atoms with van der Waals surface area (Å²) in [6.45, 7) is 0. The quantitative estimate of drug-likeness (QED) is 0.320. The summed E-state index contributed by atoms with van der Waals surface area (Å²) in [4.78, 5) is 0. The third kappa shape index (κ3) is 0.469. The zero-order chi connectivity index (χ0) is 6.36. The monoisotopic (exact) mass is 118 g/mol. The Hall–Kier alpha value is -0.740. The lowest BCUT2D eigenvalue weighted by Gasteiger charge is -2.28. The SMILES string of the molecule is OC1=C(O)C(O)(O)C1. The molecule has 0 bridgehead atoms. The Kier molecular flexibility index (Phi) is 0.777. The molecule has 4 heteroatoms. The maximum atomic E-state index is 8.44. The molecule has 0 aromatic heterocycles. The van der Waals surface area contributed by atoms with Crippen LogP contribution in [-0.4, -0.2) is 26.2 Å². The summed E-state index contributed by atoms with van der Waals surface area (Å²) in [5.74, 6) is -3.25. The van der Waals surface area contributed by atoms with Gasteiger partial charge in [0.15, 0.2) is 5.76 Å². The minimum absolute atomic E-state index is 0.279. The average Bonchev–Trinajstić information content (AvgIpc) is 1.65. The van der Waals surface area contributed by atoms with Crippen LogP contribution in [0.15, 0.2) is 11.5 Å². The Labute approximate surface area is 45.3 Å². The van der Waals surface area contributed by atoms with Crippen molar-refractivity contribution < 1.29 is 20.4 Å². The van der Waals surface area contributed by atoms with Crippen LogP contribution in [-0.2, 0) is 0 Å². The second-order valence-electron chi connectivity index (χ2n) is 1.79. The summed E-state index contributed by atoms with van der Waals surface area (Å²) in [6.07, 6.45) is -0.279. The molecule has 0 saturated carbocycles. The lowest BCUT2D eigenvalue weighted by molar-refractivity contribution is -0.182. The van der Waals surface area contributed by atoms with Crippen molar-refractivity contribution in [2.75, 3.05) is 0 Å². The van der Waals surface area contributed by atoms with Crippen molar-refractivity contribution in [2.24, 2.45) is 0 Å². The van der Waals surface area contributed by atoms with E-state index in [1.54, 1.807) is 0 Å². The fourth-order valence-electron chi connectivity index (χ4n) is 0.525. The van der Waals surface area contributed by atoms with Crippen LogP contribution in [0.25, 0.3) is 0 Å². The first-order valence-electron chi connectivity index (χ1n) is 2.10. The average molecular weight is 118 g/mol. The molecule has 0 amide bonds. The molecule has 4 N–H and O–H groups in total. The van der Waals surface area contributed by atoms with E-state index in [4.69, 9.17) is 20.4 Å². The number of hydrogen-bond acceptors (Lipinski definition) is 4. The molecule has 4 nitrogen and oxygen atoms in total. The fraction of sp³-hybridized carbons (Fsp3) is 0.500. The lowest BCUT2D eigenvalue weighted by atomic mass is 9.98. The minimum Gasteiger partial charge on any atom is -0.508 e. The summed E-state index contributed by atoms with van der Waals surface area (Å²) in [7, 11) is 0. The predicted molar refractivity (Wildman–Crippen MR) is 24.1 cm³/mol. The van der Waals surface area contributed by atoms with E-state index in [1.807, 2.05) is 0 Å². The fourth-order valence-corrected chi connectivity index (χ4v) is 0.525. The van der Waals surface area contributed by atoms with E-state index in [2.05, 4.69) is 0 Å². The molecule has 1 aliphatic carbocycles. The van der Waals surface area contributed by atoms with Gasteiger partial charge < -0.3 is 20.4 Å². The number of hydrogen-bond donors (Lipinski definition) is 4. The number of rotatable bonds is 0. The summed E-state index contributed by atoms with van der Waals surface area (Å²) < 4.78 is 0. The maximum Gasteiger partial charge on any atom is 0.233 e. The third-order valence-corrected chi connectivity index (χ3v) is 1.07.